The van der Waals surface area contributed by atoms with Crippen molar-refractivity contribution in [3.05, 3.63) is 77.0 Å². The number of hydrogen-bond donors (Lipinski definition) is 1. The Morgan fingerprint density at radius 1 is 1.08 bits per heavy atom. The van der Waals surface area contributed by atoms with E-state index in [1.54, 1.807) is 12.0 Å². The molecule has 7 nitrogen and oxygen atoms in total. The Bertz CT molecular complexity index is 1330. The first-order valence-electron chi connectivity index (χ1n) is 12.8. The van der Waals surface area contributed by atoms with Gasteiger partial charge in [-0.1, -0.05) is 12.1 Å². The summed E-state index contributed by atoms with van der Waals surface area (Å²) in [5, 5.41) is 9.28. The van der Waals surface area contributed by atoms with Gasteiger partial charge in [0.05, 0.1) is 25.4 Å². The number of carbonyl (C=O) groups excluding carboxylic acids is 1. The number of aromatic nitrogens is 1. The van der Waals surface area contributed by atoms with E-state index in [1.165, 1.54) is 6.07 Å². The number of nitrogens with zero attached hydrogens (tertiary/aromatic N) is 3. The lowest BCUT2D eigenvalue weighted by molar-refractivity contribution is 0.130. The normalized spacial score (nSPS) is 18.9. The first-order valence-corrected chi connectivity index (χ1v) is 12.8. The van der Waals surface area contributed by atoms with E-state index < -0.39 is 29.9 Å². The molecular formula is C29H31F2N3O4. The number of benzene rings is 2. The lowest BCUT2D eigenvalue weighted by atomic mass is 9.97. The third kappa shape index (κ3) is 5.03. The van der Waals surface area contributed by atoms with Gasteiger partial charge in [0, 0.05) is 30.8 Å². The zero-order chi connectivity index (χ0) is 26.8. The first-order chi connectivity index (χ1) is 18.4. The number of rotatable bonds is 9. The molecule has 2 aromatic carbocycles. The Kier molecular flexibility index (Phi) is 7.46. The SMILES string of the molecule is COc1ccc(CCCO)cc1-c1ccc(N2CCC2)nc1CN1C(=O)O[C@H](c2ccc(F)c(F)c2)[C@@H]1C. The molecule has 1 N–H and O–H groups in total. The lowest BCUT2D eigenvalue weighted by Crippen LogP contribution is -2.38. The van der Waals surface area contributed by atoms with Crippen LogP contribution in [0.15, 0.2) is 48.5 Å². The van der Waals surface area contributed by atoms with Crippen LogP contribution in [0.3, 0.4) is 0 Å². The average Bonchev–Trinajstić information content (AvgIpc) is 3.16. The van der Waals surface area contributed by atoms with Crippen molar-refractivity contribution in [1.82, 2.24) is 9.88 Å². The molecule has 2 fully saturated rings. The molecule has 0 unspecified atom stereocenters. The van der Waals surface area contributed by atoms with Gasteiger partial charge in [0.15, 0.2) is 11.6 Å². The molecule has 0 spiro atoms. The maximum atomic E-state index is 13.9. The van der Waals surface area contributed by atoms with Gasteiger partial charge in [0.25, 0.3) is 0 Å². The molecule has 0 aliphatic carbocycles. The molecule has 2 atom stereocenters. The van der Waals surface area contributed by atoms with E-state index in [9.17, 15) is 18.7 Å². The minimum absolute atomic E-state index is 0.104. The summed E-state index contributed by atoms with van der Waals surface area (Å²) in [7, 11) is 1.61. The van der Waals surface area contributed by atoms with E-state index in [1.807, 2.05) is 37.3 Å². The fourth-order valence-corrected chi connectivity index (χ4v) is 4.99. The second-order valence-corrected chi connectivity index (χ2v) is 9.71. The predicted octanol–water partition coefficient (Wildman–Crippen LogP) is 5.25. The van der Waals surface area contributed by atoms with Gasteiger partial charge in [-0.2, -0.15) is 0 Å². The number of hydrogen-bond acceptors (Lipinski definition) is 6. The number of aliphatic hydroxyl groups excluding tert-OH is 1. The molecule has 9 heteroatoms. The van der Waals surface area contributed by atoms with Gasteiger partial charge in [-0.25, -0.2) is 18.6 Å². The number of anilines is 1. The number of aryl methyl sites for hydroxylation is 1. The van der Waals surface area contributed by atoms with Crippen molar-refractivity contribution >= 4 is 11.9 Å². The zero-order valence-corrected chi connectivity index (χ0v) is 21.5. The quantitative estimate of drug-likeness (QED) is 0.413. The van der Waals surface area contributed by atoms with Crippen molar-refractivity contribution < 1.29 is 28.2 Å². The second-order valence-electron chi connectivity index (χ2n) is 9.71. The molecule has 3 aromatic rings. The average molecular weight is 524 g/mol. The highest BCUT2D eigenvalue weighted by atomic mass is 19.2. The Labute approximate surface area is 220 Å². The molecule has 0 saturated carbocycles. The molecule has 38 heavy (non-hydrogen) atoms. The summed E-state index contributed by atoms with van der Waals surface area (Å²) in [6.45, 7) is 3.94. The number of halogens is 2. The number of amides is 1. The predicted molar refractivity (Wildman–Crippen MR) is 139 cm³/mol. The van der Waals surface area contributed by atoms with Gasteiger partial charge in [-0.15, -0.1) is 0 Å². The largest absolute Gasteiger partial charge is 0.496 e. The zero-order valence-electron chi connectivity index (χ0n) is 21.5. The summed E-state index contributed by atoms with van der Waals surface area (Å²) in [5.74, 6) is -0.421. The maximum Gasteiger partial charge on any atom is 0.411 e. The fourth-order valence-electron chi connectivity index (χ4n) is 4.99. The molecule has 200 valence electrons. The van der Waals surface area contributed by atoms with Crippen LogP contribution in [0.1, 0.15) is 42.7 Å². The lowest BCUT2D eigenvalue weighted by Gasteiger charge is -2.33. The molecule has 1 aromatic heterocycles. The van der Waals surface area contributed by atoms with Gasteiger partial charge in [0.2, 0.25) is 0 Å². The molecule has 2 aliphatic heterocycles. The van der Waals surface area contributed by atoms with Crippen molar-refractivity contribution in [3.8, 4) is 16.9 Å². The number of pyridine rings is 1. The second kappa shape index (κ2) is 10.9. The molecule has 3 heterocycles. The van der Waals surface area contributed by atoms with Crippen LogP contribution in [0.5, 0.6) is 5.75 Å². The third-order valence-electron chi connectivity index (χ3n) is 7.30. The van der Waals surface area contributed by atoms with Crippen LogP contribution in [0.25, 0.3) is 11.1 Å². The number of methoxy groups -OCH3 is 1. The van der Waals surface area contributed by atoms with Crippen molar-refractivity contribution in [1.29, 1.82) is 0 Å². The van der Waals surface area contributed by atoms with Gasteiger partial charge < -0.3 is 19.5 Å². The standard InChI is InChI=1S/C29H31F2N3O4/c1-18-28(20-7-9-23(30)24(31)16-20)38-29(36)34(18)17-25-21(8-11-27(32-25)33-12-4-13-33)22-15-19(5-3-14-35)6-10-26(22)37-2/h6-11,15-16,18,28,35H,3-5,12-14,17H2,1-2H3/t18-,28-/m0/s1. The molecular weight excluding hydrogens is 492 g/mol. The van der Waals surface area contributed by atoms with Crippen LogP contribution in [0, 0.1) is 11.6 Å². The number of carbonyl (C=O) groups is 1. The van der Waals surface area contributed by atoms with E-state index in [0.717, 1.165) is 54.2 Å². The van der Waals surface area contributed by atoms with Crippen molar-refractivity contribution in [2.75, 3.05) is 31.7 Å². The Morgan fingerprint density at radius 2 is 1.89 bits per heavy atom. The Hall–Kier alpha value is -3.72. The summed E-state index contributed by atoms with van der Waals surface area (Å²) in [6, 6.07) is 13.0. The molecule has 0 radical (unpaired) electrons. The number of ether oxygens (including phenoxy) is 2. The van der Waals surface area contributed by atoms with Crippen LogP contribution in [-0.2, 0) is 17.7 Å². The first kappa shape index (κ1) is 25.9. The highest BCUT2D eigenvalue weighted by Gasteiger charge is 2.40. The van der Waals surface area contributed by atoms with E-state index in [2.05, 4.69) is 4.90 Å². The Balaban J connectivity index is 1.51. The summed E-state index contributed by atoms with van der Waals surface area (Å²) in [4.78, 5) is 21.7. The highest BCUT2D eigenvalue weighted by Crippen LogP contribution is 2.38. The van der Waals surface area contributed by atoms with Crippen LogP contribution >= 0.6 is 0 Å². The summed E-state index contributed by atoms with van der Waals surface area (Å²) in [5.41, 5.74) is 3.81. The number of cyclic esters (lactones) is 1. The van der Waals surface area contributed by atoms with Crippen LogP contribution in [0.2, 0.25) is 0 Å². The molecule has 0 bridgehead atoms. The van der Waals surface area contributed by atoms with Gasteiger partial charge in [-0.05, 0) is 73.7 Å². The van der Waals surface area contributed by atoms with Crippen molar-refractivity contribution in [2.45, 2.75) is 44.9 Å². The van der Waals surface area contributed by atoms with E-state index in [0.29, 0.717) is 29.8 Å². The minimum atomic E-state index is -0.983. The van der Waals surface area contributed by atoms with Crippen LogP contribution < -0.4 is 9.64 Å². The summed E-state index contributed by atoms with van der Waals surface area (Å²) < 4.78 is 38.7. The van der Waals surface area contributed by atoms with E-state index in [4.69, 9.17) is 14.5 Å². The molecule has 2 aliphatic rings. The van der Waals surface area contributed by atoms with Gasteiger partial charge in [0.1, 0.15) is 17.7 Å². The number of aliphatic hydroxyl groups is 1. The van der Waals surface area contributed by atoms with Crippen molar-refractivity contribution in [2.24, 2.45) is 0 Å². The van der Waals surface area contributed by atoms with Gasteiger partial charge in [-0.3, -0.25) is 4.90 Å². The van der Waals surface area contributed by atoms with E-state index >= 15 is 0 Å². The smallest absolute Gasteiger partial charge is 0.411 e. The van der Waals surface area contributed by atoms with Gasteiger partial charge >= 0.3 is 6.09 Å². The third-order valence-corrected chi connectivity index (χ3v) is 7.30. The summed E-state index contributed by atoms with van der Waals surface area (Å²) >= 11 is 0. The minimum Gasteiger partial charge on any atom is -0.496 e. The monoisotopic (exact) mass is 523 g/mol. The van der Waals surface area contributed by atoms with Crippen molar-refractivity contribution in [3.63, 3.8) is 0 Å². The highest BCUT2D eigenvalue weighted by molar-refractivity contribution is 5.76. The topological polar surface area (TPSA) is 75.1 Å². The molecule has 1 amide bonds. The Morgan fingerprint density at radius 3 is 2.58 bits per heavy atom. The summed E-state index contributed by atoms with van der Waals surface area (Å²) in [6.07, 6.45) is 1.18. The molecule has 5 rings (SSSR count). The maximum absolute atomic E-state index is 13.9. The van der Waals surface area contributed by atoms with Crippen LogP contribution in [0.4, 0.5) is 19.4 Å². The molecule has 2 saturated heterocycles. The van der Waals surface area contributed by atoms with E-state index in [-0.39, 0.29) is 13.2 Å². The van der Waals surface area contributed by atoms with Crippen LogP contribution in [-0.4, -0.2) is 53.9 Å². The fraction of sp³-hybridized carbons (Fsp3) is 0.379.